The average Bonchev–Trinajstić information content (AvgIpc) is 3.38. The molecule has 10 heteroatoms. The van der Waals surface area contributed by atoms with Crippen molar-refractivity contribution < 1.29 is 23.1 Å². The number of rotatable bonds is 5. The van der Waals surface area contributed by atoms with Gasteiger partial charge in [0.2, 0.25) is 5.95 Å². The first-order valence-electron chi connectivity index (χ1n) is 7.60. The predicted molar refractivity (Wildman–Crippen MR) is 90.3 cm³/mol. The van der Waals surface area contributed by atoms with Crippen molar-refractivity contribution in [3.05, 3.63) is 46.7 Å². The molecule has 1 saturated carbocycles. The van der Waals surface area contributed by atoms with Gasteiger partial charge in [0.25, 0.3) is 6.47 Å². The Morgan fingerprint density at radius 2 is 2.04 bits per heavy atom. The van der Waals surface area contributed by atoms with E-state index in [1.165, 1.54) is 6.20 Å². The number of halogens is 4. The number of alkyl halides is 3. The molecule has 1 aromatic carbocycles. The van der Waals surface area contributed by atoms with Gasteiger partial charge in [0.15, 0.2) is 5.69 Å². The van der Waals surface area contributed by atoms with E-state index in [0.29, 0.717) is 16.8 Å². The maximum Gasteiger partial charge on any atom is 0.433 e. The third-order valence-electron chi connectivity index (χ3n) is 3.37. The Hall–Kier alpha value is -2.39. The number of hydrogen-bond acceptors (Lipinski definition) is 5. The van der Waals surface area contributed by atoms with Crippen molar-refractivity contribution in [1.82, 2.24) is 15.3 Å². The van der Waals surface area contributed by atoms with Crippen LogP contribution in [0.4, 0.5) is 24.8 Å². The summed E-state index contributed by atoms with van der Waals surface area (Å²) in [5.74, 6) is -0.116. The van der Waals surface area contributed by atoms with Crippen LogP contribution >= 0.6 is 11.6 Å². The third kappa shape index (κ3) is 6.16. The molecule has 1 aliphatic rings. The first-order chi connectivity index (χ1) is 12.3. The normalized spacial score (nSPS) is 13.5. The van der Waals surface area contributed by atoms with Crippen molar-refractivity contribution in [3.8, 4) is 0 Å². The van der Waals surface area contributed by atoms with Crippen molar-refractivity contribution in [3.63, 3.8) is 0 Å². The van der Waals surface area contributed by atoms with E-state index < -0.39 is 11.9 Å². The van der Waals surface area contributed by atoms with E-state index in [4.69, 9.17) is 21.5 Å². The molecular formula is C16H16ClF3N4O2. The van der Waals surface area contributed by atoms with Gasteiger partial charge in [-0.25, -0.2) is 9.97 Å². The molecule has 0 amide bonds. The summed E-state index contributed by atoms with van der Waals surface area (Å²) in [5.41, 5.74) is -0.360. The molecule has 26 heavy (non-hydrogen) atoms. The second kappa shape index (κ2) is 8.81. The summed E-state index contributed by atoms with van der Waals surface area (Å²) in [6.07, 6.45) is -1.33. The maximum absolute atomic E-state index is 13.2. The lowest BCUT2D eigenvalue weighted by atomic mass is 10.2. The summed E-state index contributed by atoms with van der Waals surface area (Å²) in [6.45, 7) is -0.142. The van der Waals surface area contributed by atoms with Gasteiger partial charge < -0.3 is 15.7 Å². The Bertz CT molecular complexity index is 755. The molecule has 1 aliphatic carbocycles. The monoisotopic (exact) mass is 388 g/mol. The van der Waals surface area contributed by atoms with Crippen molar-refractivity contribution in [2.75, 3.05) is 5.32 Å². The van der Waals surface area contributed by atoms with Crippen LogP contribution in [0, 0.1) is 0 Å². The van der Waals surface area contributed by atoms with Gasteiger partial charge in [0.05, 0.1) is 0 Å². The van der Waals surface area contributed by atoms with Gasteiger partial charge in [-0.3, -0.25) is 4.79 Å². The second-order valence-electron chi connectivity index (χ2n) is 5.46. The van der Waals surface area contributed by atoms with E-state index >= 15 is 0 Å². The summed E-state index contributed by atoms with van der Waals surface area (Å²) < 4.78 is 39.6. The number of carbonyl (C=O) groups is 1. The van der Waals surface area contributed by atoms with E-state index in [9.17, 15) is 13.2 Å². The van der Waals surface area contributed by atoms with Crippen molar-refractivity contribution in [2.24, 2.45) is 0 Å². The van der Waals surface area contributed by atoms with E-state index in [-0.39, 0.29) is 24.5 Å². The number of anilines is 2. The van der Waals surface area contributed by atoms with E-state index in [1.807, 2.05) is 0 Å². The van der Waals surface area contributed by atoms with Crippen LogP contribution in [0.2, 0.25) is 5.02 Å². The van der Waals surface area contributed by atoms with Gasteiger partial charge in [-0.1, -0.05) is 17.7 Å². The Balaban J connectivity index is 0.000000758. The molecule has 6 nitrogen and oxygen atoms in total. The summed E-state index contributed by atoms with van der Waals surface area (Å²) in [4.78, 5) is 16.0. The number of nitrogens with zero attached hydrogens (tertiary/aromatic N) is 2. The highest BCUT2D eigenvalue weighted by molar-refractivity contribution is 6.30. The zero-order valence-electron chi connectivity index (χ0n) is 13.4. The third-order valence-corrected chi connectivity index (χ3v) is 3.61. The predicted octanol–water partition coefficient (Wildman–Crippen LogP) is 3.85. The zero-order valence-corrected chi connectivity index (χ0v) is 14.2. The number of carboxylic acid groups (broad SMARTS) is 1. The fraction of sp³-hybridized carbons (Fsp3) is 0.312. The highest BCUT2D eigenvalue weighted by Crippen LogP contribution is 2.32. The lowest BCUT2D eigenvalue weighted by molar-refractivity contribution is -0.141. The lowest BCUT2D eigenvalue weighted by Crippen LogP contribution is -2.21. The van der Waals surface area contributed by atoms with Crippen molar-refractivity contribution in [2.45, 2.75) is 31.6 Å². The van der Waals surface area contributed by atoms with Crippen LogP contribution in [0.15, 0.2) is 30.5 Å². The molecule has 1 fully saturated rings. The van der Waals surface area contributed by atoms with Gasteiger partial charge in [-0.05, 0) is 31.0 Å². The smallest absolute Gasteiger partial charge is 0.433 e. The highest BCUT2D eigenvalue weighted by Gasteiger charge is 2.36. The number of benzene rings is 1. The molecule has 0 atom stereocenters. The largest absolute Gasteiger partial charge is 0.483 e. The molecule has 1 heterocycles. The van der Waals surface area contributed by atoms with Gasteiger partial charge in [0.1, 0.15) is 0 Å². The average molecular weight is 389 g/mol. The molecule has 1 aromatic heterocycles. The number of hydrogen-bond donors (Lipinski definition) is 3. The highest BCUT2D eigenvalue weighted by atomic mass is 35.5. The van der Waals surface area contributed by atoms with E-state index in [2.05, 4.69) is 20.6 Å². The fourth-order valence-corrected chi connectivity index (χ4v) is 2.27. The van der Waals surface area contributed by atoms with Crippen LogP contribution in [-0.2, 0) is 17.5 Å². The van der Waals surface area contributed by atoms with Gasteiger partial charge >= 0.3 is 6.18 Å². The summed E-state index contributed by atoms with van der Waals surface area (Å²) in [5, 5.41) is 13.1. The van der Waals surface area contributed by atoms with Crippen LogP contribution in [0.5, 0.6) is 0 Å². The molecule has 3 N–H and O–H groups in total. The molecule has 0 radical (unpaired) electrons. The summed E-state index contributed by atoms with van der Waals surface area (Å²) in [7, 11) is 0. The molecule has 0 unspecified atom stereocenters. The fourth-order valence-electron chi connectivity index (χ4n) is 2.08. The molecule has 2 aromatic rings. The standard InChI is InChI=1S/C15H14ClF3N4.CH2O2/c16-10-2-1-3-12(6-10)22-14-21-8-9(7-20-11-4-5-11)13(23-14)15(17,18)19;2-1-3/h1-3,6,8,11,20H,4-5,7H2,(H,21,22,23);1H,(H,2,3). The number of aromatic nitrogens is 2. The van der Waals surface area contributed by atoms with Gasteiger partial charge in [-0.15, -0.1) is 0 Å². The molecule has 0 saturated heterocycles. The van der Waals surface area contributed by atoms with Crippen LogP contribution in [0.1, 0.15) is 24.1 Å². The molecule has 3 rings (SSSR count). The molecule has 140 valence electrons. The Labute approximate surface area is 152 Å². The van der Waals surface area contributed by atoms with E-state index in [0.717, 1.165) is 12.8 Å². The van der Waals surface area contributed by atoms with Gasteiger partial charge in [0, 0.05) is 35.1 Å². The number of nitrogens with one attached hydrogen (secondary N) is 2. The van der Waals surface area contributed by atoms with Crippen LogP contribution in [0.3, 0.4) is 0 Å². The van der Waals surface area contributed by atoms with Gasteiger partial charge in [-0.2, -0.15) is 13.2 Å². The lowest BCUT2D eigenvalue weighted by Gasteiger charge is -2.14. The molecule has 0 spiro atoms. The maximum atomic E-state index is 13.2. The summed E-state index contributed by atoms with van der Waals surface area (Å²) >= 11 is 5.85. The minimum atomic E-state index is -4.53. The van der Waals surface area contributed by atoms with Crippen LogP contribution in [0.25, 0.3) is 0 Å². The Morgan fingerprint density at radius 1 is 1.35 bits per heavy atom. The topological polar surface area (TPSA) is 87.1 Å². The quantitative estimate of drug-likeness (QED) is 0.674. The SMILES string of the molecule is FC(F)(F)c1nc(Nc2cccc(Cl)c2)ncc1CNC1CC1.O=CO. The molecule has 0 aliphatic heterocycles. The van der Waals surface area contributed by atoms with Crippen molar-refractivity contribution >= 4 is 29.7 Å². The minimum absolute atomic E-state index is 0.0426. The molecular weight excluding hydrogens is 373 g/mol. The minimum Gasteiger partial charge on any atom is -0.483 e. The Kier molecular flexibility index (Phi) is 6.76. The Morgan fingerprint density at radius 3 is 2.62 bits per heavy atom. The zero-order chi connectivity index (χ0) is 19.2. The first kappa shape index (κ1) is 19.9. The van der Waals surface area contributed by atoms with E-state index in [1.54, 1.807) is 24.3 Å². The second-order valence-corrected chi connectivity index (χ2v) is 5.90. The van der Waals surface area contributed by atoms with Crippen molar-refractivity contribution in [1.29, 1.82) is 0 Å². The first-order valence-corrected chi connectivity index (χ1v) is 7.98. The summed E-state index contributed by atoms with van der Waals surface area (Å²) in [6, 6.07) is 6.91. The van der Waals surface area contributed by atoms with Crippen LogP contribution < -0.4 is 10.6 Å². The molecule has 0 bridgehead atoms. The van der Waals surface area contributed by atoms with Crippen LogP contribution in [-0.4, -0.2) is 27.6 Å².